The van der Waals surface area contributed by atoms with E-state index in [9.17, 15) is 66.4 Å². The van der Waals surface area contributed by atoms with Crippen LogP contribution in [0.2, 0.25) is 0 Å². The van der Waals surface area contributed by atoms with Crippen molar-refractivity contribution in [2.75, 3.05) is 26.4 Å². The largest absolute Gasteiger partial charge is 0.394 e. The maximum absolute atomic E-state index is 11.2. The van der Waals surface area contributed by atoms with E-state index in [0.717, 1.165) is 0 Å². The highest BCUT2D eigenvalue weighted by Gasteiger charge is 2.55. The maximum Gasteiger partial charge on any atom is 0.187 e. The molecule has 0 amide bonds. The van der Waals surface area contributed by atoms with E-state index in [1.165, 1.54) is 6.92 Å². The molecular weight excluding hydrogens is 620 g/mol. The van der Waals surface area contributed by atoms with E-state index in [1.807, 2.05) is 0 Å². The first-order valence-corrected chi connectivity index (χ1v) is 14.4. The SMILES string of the molecule is C[C@@H]1C(O)OC(CO)[C@@H](O[C@@H]2OC(CO)[C@@H](O)[C@@H](O[C@H]3O[C@@H](CO)[C@@H](O)C(O)C3O[C@H]3O[C@@H](CO)[C@@H](O)C(O)C3O)C2O)[C@H]1O. The minimum atomic E-state index is -1.97. The van der Waals surface area contributed by atoms with Crippen LogP contribution in [0.1, 0.15) is 6.92 Å². The van der Waals surface area contributed by atoms with Crippen LogP contribution in [0.3, 0.4) is 0 Å². The van der Waals surface area contributed by atoms with Crippen molar-refractivity contribution in [3.63, 3.8) is 0 Å². The molecule has 4 aliphatic heterocycles. The van der Waals surface area contributed by atoms with E-state index >= 15 is 0 Å². The molecule has 0 aliphatic carbocycles. The van der Waals surface area contributed by atoms with Gasteiger partial charge in [0.05, 0.1) is 32.5 Å². The average Bonchev–Trinajstić information content (AvgIpc) is 3.03. The molecule has 8 unspecified atom stereocenters. The number of ether oxygens (including phenoxy) is 7. The quantitative estimate of drug-likeness (QED) is 0.103. The molecule has 4 rings (SSSR count). The molecule has 4 aliphatic rings. The van der Waals surface area contributed by atoms with Gasteiger partial charge < -0.3 is 99.5 Å². The lowest BCUT2D eigenvalue weighted by Gasteiger charge is -2.49. The molecule has 45 heavy (non-hydrogen) atoms. The minimum Gasteiger partial charge on any atom is -0.394 e. The predicted molar refractivity (Wildman–Crippen MR) is 137 cm³/mol. The Morgan fingerprint density at radius 3 is 1.40 bits per heavy atom. The van der Waals surface area contributed by atoms with E-state index in [4.69, 9.17) is 33.2 Å². The average molecular weight is 665 g/mol. The van der Waals surface area contributed by atoms with Crippen molar-refractivity contribution in [3.05, 3.63) is 0 Å². The molecule has 0 radical (unpaired) electrons. The van der Waals surface area contributed by atoms with E-state index < -0.39 is 149 Å². The molecular formula is C25H44O20. The zero-order chi connectivity index (χ0) is 33.3. The molecule has 0 aromatic rings. The Kier molecular flexibility index (Phi) is 12.8. The lowest BCUT2D eigenvalue weighted by atomic mass is 9.92. The van der Waals surface area contributed by atoms with Gasteiger partial charge in [-0.25, -0.2) is 0 Å². The van der Waals surface area contributed by atoms with Crippen LogP contribution >= 0.6 is 0 Å². The van der Waals surface area contributed by atoms with Crippen LogP contribution < -0.4 is 0 Å². The molecule has 0 spiro atoms. The third-order valence-corrected chi connectivity index (χ3v) is 8.55. The molecule has 4 saturated heterocycles. The minimum absolute atomic E-state index is 0.726. The standard InChI is InChI=1S/C25H44O20/c1-6-11(30)19(10(5-29)39-22(6)38)43-24-18(37)20(14(33)9(4-28)41-24)44-25-21(16(35)13(32)8(3-27)42-25)45-23-17(36)15(34)12(31)7(2-26)40-23/h6-38H,2-5H2,1H3/t6-,7-,8-,9?,10?,11-,12+,13+,14+,15?,16?,17?,18?,19+,20+,21?,22?,23+,24-,25+/m0/s1. The van der Waals surface area contributed by atoms with Crippen molar-refractivity contribution in [1.29, 1.82) is 0 Å². The van der Waals surface area contributed by atoms with Crippen LogP contribution in [0.5, 0.6) is 0 Å². The van der Waals surface area contributed by atoms with Crippen molar-refractivity contribution in [2.45, 2.75) is 124 Å². The van der Waals surface area contributed by atoms with E-state index in [1.54, 1.807) is 0 Å². The van der Waals surface area contributed by atoms with Gasteiger partial charge in [-0.05, 0) is 0 Å². The van der Waals surface area contributed by atoms with Gasteiger partial charge in [0.15, 0.2) is 25.2 Å². The summed E-state index contributed by atoms with van der Waals surface area (Å²) >= 11 is 0. The van der Waals surface area contributed by atoms with Crippen molar-refractivity contribution < 1.29 is 99.5 Å². The number of hydrogen-bond acceptors (Lipinski definition) is 20. The van der Waals surface area contributed by atoms with E-state index in [2.05, 4.69) is 0 Å². The Balaban J connectivity index is 1.58. The summed E-state index contributed by atoms with van der Waals surface area (Å²) in [7, 11) is 0. The lowest BCUT2D eigenvalue weighted by Crippen LogP contribution is -2.67. The van der Waals surface area contributed by atoms with Crippen molar-refractivity contribution in [3.8, 4) is 0 Å². The first-order chi connectivity index (χ1) is 21.3. The monoisotopic (exact) mass is 664 g/mol. The van der Waals surface area contributed by atoms with Crippen LogP contribution in [-0.2, 0) is 33.2 Å². The summed E-state index contributed by atoms with van der Waals surface area (Å²) in [4.78, 5) is 0. The molecule has 20 atom stereocenters. The number of aliphatic hydroxyl groups is 13. The van der Waals surface area contributed by atoms with Gasteiger partial charge in [0.2, 0.25) is 0 Å². The third-order valence-electron chi connectivity index (χ3n) is 8.55. The van der Waals surface area contributed by atoms with Gasteiger partial charge in [0.1, 0.15) is 85.5 Å². The molecule has 20 nitrogen and oxygen atoms in total. The smallest absolute Gasteiger partial charge is 0.187 e. The first kappa shape index (κ1) is 37.0. The highest BCUT2D eigenvalue weighted by molar-refractivity contribution is 4.97. The van der Waals surface area contributed by atoms with Crippen LogP contribution in [0.4, 0.5) is 0 Å². The highest BCUT2D eigenvalue weighted by Crippen LogP contribution is 2.35. The van der Waals surface area contributed by atoms with Gasteiger partial charge in [-0.3, -0.25) is 0 Å². The fraction of sp³-hybridized carbons (Fsp3) is 1.00. The molecule has 4 heterocycles. The fourth-order valence-electron chi connectivity index (χ4n) is 5.66. The molecule has 4 fully saturated rings. The molecule has 20 heteroatoms. The molecule has 13 N–H and O–H groups in total. The Morgan fingerprint density at radius 2 is 0.844 bits per heavy atom. The summed E-state index contributed by atoms with van der Waals surface area (Å²) in [6.45, 7) is -1.83. The second-order valence-electron chi connectivity index (χ2n) is 11.5. The van der Waals surface area contributed by atoms with Gasteiger partial charge in [-0.15, -0.1) is 0 Å². The Bertz CT molecular complexity index is 914. The number of aliphatic hydroxyl groups excluding tert-OH is 13. The summed E-state index contributed by atoms with van der Waals surface area (Å²) in [5.41, 5.74) is 0. The van der Waals surface area contributed by atoms with Gasteiger partial charge >= 0.3 is 0 Å². The molecule has 264 valence electrons. The summed E-state index contributed by atoms with van der Waals surface area (Å²) in [5.74, 6) is -0.913. The van der Waals surface area contributed by atoms with Crippen molar-refractivity contribution >= 4 is 0 Å². The molecule has 0 aromatic heterocycles. The zero-order valence-corrected chi connectivity index (χ0v) is 24.0. The van der Waals surface area contributed by atoms with Gasteiger partial charge in [-0.1, -0.05) is 6.92 Å². The van der Waals surface area contributed by atoms with Gasteiger partial charge in [0, 0.05) is 5.92 Å². The molecule has 0 bridgehead atoms. The summed E-state index contributed by atoms with van der Waals surface area (Å²) in [6, 6.07) is 0. The van der Waals surface area contributed by atoms with Gasteiger partial charge in [0.25, 0.3) is 0 Å². The van der Waals surface area contributed by atoms with Crippen molar-refractivity contribution in [2.24, 2.45) is 5.92 Å². The number of hydrogen-bond donors (Lipinski definition) is 13. The summed E-state index contributed by atoms with van der Waals surface area (Å²) in [5, 5.41) is 134. The zero-order valence-electron chi connectivity index (χ0n) is 24.0. The molecule has 0 saturated carbocycles. The lowest BCUT2D eigenvalue weighted by molar-refractivity contribution is -0.395. The second kappa shape index (κ2) is 15.6. The highest BCUT2D eigenvalue weighted by atomic mass is 16.8. The van der Waals surface area contributed by atoms with E-state index in [-0.39, 0.29) is 0 Å². The summed E-state index contributed by atoms with van der Waals surface area (Å²) in [6.07, 6.45) is -32.4. The van der Waals surface area contributed by atoms with Crippen LogP contribution in [0.15, 0.2) is 0 Å². The van der Waals surface area contributed by atoms with E-state index in [0.29, 0.717) is 0 Å². The van der Waals surface area contributed by atoms with Crippen molar-refractivity contribution in [1.82, 2.24) is 0 Å². The normalized spacial score (nSPS) is 52.9. The Labute approximate surface area is 256 Å². The fourth-order valence-corrected chi connectivity index (χ4v) is 5.66. The Morgan fingerprint density at radius 1 is 0.400 bits per heavy atom. The van der Waals surface area contributed by atoms with Crippen LogP contribution in [0, 0.1) is 5.92 Å². The summed E-state index contributed by atoms with van der Waals surface area (Å²) < 4.78 is 38.7. The third kappa shape index (κ3) is 7.45. The number of rotatable bonds is 10. The first-order valence-electron chi connectivity index (χ1n) is 14.4. The Hall–Kier alpha value is -0.800. The maximum atomic E-state index is 11.2. The van der Waals surface area contributed by atoms with Gasteiger partial charge in [-0.2, -0.15) is 0 Å². The second-order valence-corrected chi connectivity index (χ2v) is 11.5. The van der Waals surface area contributed by atoms with Crippen LogP contribution in [0.25, 0.3) is 0 Å². The predicted octanol–water partition coefficient (Wildman–Crippen LogP) is -8.47. The van der Waals surface area contributed by atoms with Crippen LogP contribution in [-0.4, -0.2) is 210 Å². The molecule has 0 aromatic carbocycles. The topological polar surface area (TPSA) is 328 Å².